The van der Waals surface area contributed by atoms with Gasteiger partial charge in [0.2, 0.25) is 10.0 Å². The smallest absolute Gasteiger partial charge is 0.214 e. The first-order valence-electron chi connectivity index (χ1n) is 5.65. The van der Waals surface area contributed by atoms with Crippen LogP contribution in [-0.2, 0) is 10.0 Å². The van der Waals surface area contributed by atoms with Crippen molar-refractivity contribution in [3.05, 3.63) is 0 Å². The molecule has 1 rings (SSSR count). The van der Waals surface area contributed by atoms with Crippen LogP contribution in [-0.4, -0.2) is 43.3 Å². The second-order valence-corrected chi connectivity index (χ2v) is 6.44. The Morgan fingerprint density at radius 2 is 2.13 bits per heavy atom. The molecule has 1 fully saturated rings. The fourth-order valence-electron chi connectivity index (χ4n) is 1.80. The van der Waals surface area contributed by atoms with Crippen LogP contribution in [0.15, 0.2) is 0 Å². The molecule has 1 N–H and O–H groups in total. The molecule has 15 heavy (non-hydrogen) atoms. The summed E-state index contributed by atoms with van der Waals surface area (Å²) in [5.74, 6) is 0.584. The van der Waals surface area contributed by atoms with Crippen LogP contribution in [0.4, 0.5) is 0 Å². The lowest BCUT2D eigenvalue weighted by molar-refractivity contribution is 0.224. The van der Waals surface area contributed by atoms with Crippen LogP contribution in [0.5, 0.6) is 0 Å². The SMILES string of the molecule is CC(CO)CCCN1CCCCS1(=O)=O. The van der Waals surface area contributed by atoms with E-state index >= 15 is 0 Å². The molecule has 0 aromatic rings. The maximum absolute atomic E-state index is 11.6. The Hall–Kier alpha value is -0.130. The monoisotopic (exact) mass is 235 g/mol. The number of hydrogen-bond donors (Lipinski definition) is 1. The van der Waals surface area contributed by atoms with Gasteiger partial charge in [0.1, 0.15) is 0 Å². The highest BCUT2D eigenvalue weighted by Crippen LogP contribution is 2.15. The molecule has 0 spiro atoms. The number of rotatable bonds is 5. The van der Waals surface area contributed by atoms with Crippen molar-refractivity contribution in [3.63, 3.8) is 0 Å². The second-order valence-electron chi connectivity index (χ2n) is 4.35. The Labute approximate surface area is 92.3 Å². The molecule has 1 unspecified atom stereocenters. The van der Waals surface area contributed by atoms with E-state index in [1.54, 1.807) is 4.31 Å². The number of aliphatic hydroxyl groups is 1. The Kier molecular flexibility index (Phi) is 5.02. The van der Waals surface area contributed by atoms with Crippen molar-refractivity contribution < 1.29 is 13.5 Å². The van der Waals surface area contributed by atoms with Gasteiger partial charge in [-0.05, 0) is 31.6 Å². The Morgan fingerprint density at radius 1 is 1.40 bits per heavy atom. The molecular weight excluding hydrogens is 214 g/mol. The molecule has 1 heterocycles. The average molecular weight is 235 g/mol. The van der Waals surface area contributed by atoms with Crippen LogP contribution in [0.1, 0.15) is 32.6 Å². The van der Waals surface area contributed by atoms with Gasteiger partial charge < -0.3 is 5.11 Å². The van der Waals surface area contributed by atoms with Crippen LogP contribution >= 0.6 is 0 Å². The molecule has 1 saturated heterocycles. The van der Waals surface area contributed by atoms with Crippen molar-refractivity contribution in [2.45, 2.75) is 32.6 Å². The van der Waals surface area contributed by atoms with Crippen molar-refractivity contribution in [1.82, 2.24) is 4.31 Å². The normalized spacial score (nSPS) is 23.9. The highest BCUT2D eigenvalue weighted by Gasteiger charge is 2.24. The van der Waals surface area contributed by atoms with Gasteiger partial charge >= 0.3 is 0 Å². The fourth-order valence-corrected chi connectivity index (χ4v) is 3.44. The minimum Gasteiger partial charge on any atom is -0.396 e. The summed E-state index contributed by atoms with van der Waals surface area (Å²) < 4.78 is 24.8. The van der Waals surface area contributed by atoms with Gasteiger partial charge in [0.05, 0.1) is 5.75 Å². The van der Waals surface area contributed by atoms with Crippen LogP contribution in [0.25, 0.3) is 0 Å². The molecule has 1 atom stereocenters. The van der Waals surface area contributed by atoms with Gasteiger partial charge in [-0.25, -0.2) is 12.7 Å². The van der Waals surface area contributed by atoms with Crippen LogP contribution in [0, 0.1) is 5.92 Å². The quantitative estimate of drug-likeness (QED) is 0.767. The zero-order valence-corrected chi connectivity index (χ0v) is 10.2. The third-order valence-corrected chi connectivity index (χ3v) is 4.83. The van der Waals surface area contributed by atoms with E-state index in [0.717, 1.165) is 25.7 Å². The lowest BCUT2D eigenvalue weighted by Gasteiger charge is -2.26. The summed E-state index contributed by atoms with van der Waals surface area (Å²) in [7, 11) is -2.96. The van der Waals surface area contributed by atoms with Crippen molar-refractivity contribution in [3.8, 4) is 0 Å². The van der Waals surface area contributed by atoms with Crippen molar-refractivity contribution >= 4 is 10.0 Å². The predicted molar refractivity (Wildman–Crippen MR) is 60.1 cm³/mol. The summed E-state index contributed by atoms with van der Waals surface area (Å²) in [5.41, 5.74) is 0. The van der Waals surface area contributed by atoms with E-state index in [1.165, 1.54) is 0 Å². The summed E-state index contributed by atoms with van der Waals surface area (Å²) in [6, 6.07) is 0. The molecule has 0 radical (unpaired) electrons. The lowest BCUT2D eigenvalue weighted by Crippen LogP contribution is -2.38. The molecule has 1 aliphatic rings. The van der Waals surface area contributed by atoms with E-state index in [0.29, 0.717) is 18.8 Å². The minimum atomic E-state index is -2.96. The van der Waals surface area contributed by atoms with Crippen LogP contribution in [0.3, 0.4) is 0 Å². The number of hydrogen-bond acceptors (Lipinski definition) is 3. The van der Waals surface area contributed by atoms with Crippen molar-refractivity contribution in [2.75, 3.05) is 25.4 Å². The van der Waals surface area contributed by atoms with Gasteiger partial charge in [0, 0.05) is 19.7 Å². The molecule has 0 bridgehead atoms. The van der Waals surface area contributed by atoms with E-state index in [-0.39, 0.29) is 12.5 Å². The number of sulfonamides is 1. The first kappa shape index (κ1) is 12.9. The molecular formula is C10H21NO3S. The number of nitrogens with zero attached hydrogens (tertiary/aromatic N) is 1. The zero-order chi connectivity index (χ0) is 11.3. The van der Waals surface area contributed by atoms with Gasteiger partial charge in [-0.3, -0.25) is 0 Å². The molecule has 5 heteroatoms. The third kappa shape index (κ3) is 4.09. The third-order valence-electron chi connectivity index (χ3n) is 2.87. The standard InChI is InChI=1S/C10H21NO3S/c1-10(9-12)5-4-7-11-6-2-3-8-15(11,13)14/h10,12H,2-9H2,1H3. The molecule has 4 nitrogen and oxygen atoms in total. The highest BCUT2D eigenvalue weighted by molar-refractivity contribution is 7.89. The summed E-state index contributed by atoms with van der Waals surface area (Å²) in [6.07, 6.45) is 3.52. The molecule has 0 aromatic heterocycles. The van der Waals surface area contributed by atoms with E-state index in [2.05, 4.69) is 0 Å². The Morgan fingerprint density at radius 3 is 2.73 bits per heavy atom. The Bertz CT molecular complexity index is 276. The summed E-state index contributed by atoms with van der Waals surface area (Å²) in [5, 5.41) is 8.84. The molecule has 0 saturated carbocycles. The fraction of sp³-hybridized carbons (Fsp3) is 1.00. The second kappa shape index (κ2) is 5.82. The first-order valence-corrected chi connectivity index (χ1v) is 7.26. The average Bonchev–Trinajstić information content (AvgIpc) is 2.20. The van der Waals surface area contributed by atoms with E-state index in [1.807, 2.05) is 6.92 Å². The molecule has 1 aliphatic heterocycles. The lowest BCUT2D eigenvalue weighted by atomic mass is 10.1. The van der Waals surface area contributed by atoms with Gasteiger partial charge in [-0.15, -0.1) is 0 Å². The van der Waals surface area contributed by atoms with Crippen LogP contribution in [0.2, 0.25) is 0 Å². The van der Waals surface area contributed by atoms with Gasteiger partial charge in [-0.1, -0.05) is 6.92 Å². The summed E-state index contributed by atoms with van der Waals surface area (Å²) >= 11 is 0. The van der Waals surface area contributed by atoms with Crippen molar-refractivity contribution in [2.24, 2.45) is 5.92 Å². The molecule has 0 aromatic carbocycles. The van der Waals surface area contributed by atoms with Gasteiger partial charge in [0.25, 0.3) is 0 Å². The van der Waals surface area contributed by atoms with Crippen molar-refractivity contribution in [1.29, 1.82) is 0 Å². The largest absolute Gasteiger partial charge is 0.396 e. The first-order chi connectivity index (χ1) is 7.06. The Balaban J connectivity index is 2.31. The maximum Gasteiger partial charge on any atom is 0.214 e. The highest BCUT2D eigenvalue weighted by atomic mass is 32.2. The summed E-state index contributed by atoms with van der Waals surface area (Å²) in [4.78, 5) is 0. The number of aliphatic hydroxyl groups excluding tert-OH is 1. The van der Waals surface area contributed by atoms with E-state index < -0.39 is 10.0 Å². The topological polar surface area (TPSA) is 57.6 Å². The van der Waals surface area contributed by atoms with E-state index in [4.69, 9.17) is 5.11 Å². The maximum atomic E-state index is 11.6. The van der Waals surface area contributed by atoms with E-state index in [9.17, 15) is 8.42 Å². The predicted octanol–water partition coefficient (Wildman–Crippen LogP) is 0.821. The summed E-state index contributed by atoms with van der Waals surface area (Å²) in [6.45, 7) is 3.46. The zero-order valence-electron chi connectivity index (χ0n) is 9.35. The van der Waals surface area contributed by atoms with Gasteiger partial charge in [-0.2, -0.15) is 0 Å². The minimum absolute atomic E-state index is 0.187. The van der Waals surface area contributed by atoms with Crippen LogP contribution < -0.4 is 0 Å². The van der Waals surface area contributed by atoms with Gasteiger partial charge in [0.15, 0.2) is 0 Å². The molecule has 0 aliphatic carbocycles. The molecule has 90 valence electrons. The molecule has 0 amide bonds.